The number of hydrogen-bond donors (Lipinski definition) is 0. The molecular weight excluding hydrogens is 374 g/mol. The van der Waals surface area contributed by atoms with Gasteiger partial charge in [-0.05, 0) is 23.8 Å². The molecule has 0 aliphatic carbocycles. The fourth-order valence-electron chi connectivity index (χ4n) is 3.36. The van der Waals surface area contributed by atoms with Crippen LogP contribution in [0.25, 0.3) is 10.9 Å². The van der Waals surface area contributed by atoms with Gasteiger partial charge in [0.2, 0.25) is 0 Å². The second-order valence-corrected chi connectivity index (χ2v) is 7.17. The first-order chi connectivity index (χ1) is 13.5. The van der Waals surface area contributed by atoms with E-state index in [1.165, 1.54) is 0 Å². The lowest BCUT2D eigenvalue weighted by molar-refractivity contribution is 0.0718. The molecule has 0 saturated carbocycles. The van der Waals surface area contributed by atoms with Crippen LogP contribution in [0.3, 0.4) is 0 Å². The molecule has 1 aromatic carbocycles. The number of nitrogens with zero attached hydrogens (tertiary/aromatic N) is 5. The van der Waals surface area contributed by atoms with Gasteiger partial charge in [0.25, 0.3) is 5.91 Å². The van der Waals surface area contributed by atoms with Gasteiger partial charge in [-0.1, -0.05) is 35.9 Å². The van der Waals surface area contributed by atoms with E-state index in [2.05, 4.69) is 10.1 Å². The Morgan fingerprint density at radius 1 is 1.14 bits per heavy atom. The number of pyridine rings is 1. The van der Waals surface area contributed by atoms with Gasteiger partial charge in [0, 0.05) is 50.1 Å². The van der Waals surface area contributed by atoms with Crippen LogP contribution in [0.1, 0.15) is 21.7 Å². The predicted molar refractivity (Wildman–Crippen MR) is 109 cm³/mol. The highest BCUT2D eigenvalue weighted by atomic mass is 35.5. The number of fused-ring (bicyclic) bond motifs is 1. The summed E-state index contributed by atoms with van der Waals surface area (Å²) in [4.78, 5) is 19.4. The summed E-state index contributed by atoms with van der Waals surface area (Å²) < 4.78 is 3.58. The van der Waals surface area contributed by atoms with Crippen LogP contribution in [0.5, 0.6) is 0 Å². The fraction of sp³-hybridized carbons (Fsp3) is 0.190. The summed E-state index contributed by atoms with van der Waals surface area (Å²) in [7, 11) is 3.72. The van der Waals surface area contributed by atoms with Crippen LogP contribution in [0.4, 0.5) is 0 Å². The number of para-hydroxylation sites is 1. The number of benzene rings is 1. The summed E-state index contributed by atoms with van der Waals surface area (Å²) in [6.07, 6.45) is 5.22. The number of halogens is 1. The molecule has 0 unspecified atom stereocenters. The maximum absolute atomic E-state index is 13.5. The maximum atomic E-state index is 13.5. The lowest BCUT2D eigenvalue weighted by Gasteiger charge is -2.22. The van der Waals surface area contributed by atoms with Gasteiger partial charge in [-0.2, -0.15) is 5.10 Å². The van der Waals surface area contributed by atoms with E-state index in [1.807, 2.05) is 61.1 Å². The molecule has 0 bridgehead atoms. The molecule has 4 rings (SSSR count). The first-order valence-electron chi connectivity index (χ1n) is 8.93. The molecule has 4 aromatic rings. The van der Waals surface area contributed by atoms with Crippen molar-refractivity contribution in [3.63, 3.8) is 0 Å². The van der Waals surface area contributed by atoms with E-state index in [4.69, 9.17) is 11.6 Å². The zero-order valence-corrected chi connectivity index (χ0v) is 16.5. The van der Waals surface area contributed by atoms with Crippen molar-refractivity contribution in [1.82, 2.24) is 24.2 Å². The van der Waals surface area contributed by atoms with Gasteiger partial charge in [-0.15, -0.1) is 0 Å². The molecule has 0 N–H and O–H groups in total. The van der Waals surface area contributed by atoms with Crippen LogP contribution in [-0.4, -0.2) is 30.1 Å². The van der Waals surface area contributed by atoms with Crippen LogP contribution >= 0.6 is 11.6 Å². The molecule has 142 valence electrons. The lowest BCUT2D eigenvalue weighted by atomic mass is 10.2. The number of aromatic nitrogens is 4. The van der Waals surface area contributed by atoms with Crippen molar-refractivity contribution < 1.29 is 4.79 Å². The largest absolute Gasteiger partial charge is 0.340 e. The second kappa shape index (κ2) is 7.48. The summed E-state index contributed by atoms with van der Waals surface area (Å²) >= 11 is 6.30. The number of rotatable bonds is 5. The van der Waals surface area contributed by atoms with E-state index in [9.17, 15) is 4.79 Å². The summed E-state index contributed by atoms with van der Waals surface area (Å²) in [6.45, 7) is 0.732. The molecule has 3 aromatic heterocycles. The van der Waals surface area contributed by atoms with Crippen molar-refractivity contribution in [1.29, 1.82) is 0 Å². The number of hydrogen-bond acceptors (Lipinski definition) is 3. The van der Waals surface area contributed by atoms with Crippen LogP contribution < -0.4 is 0 Å². The molecular formula is C21H20ClN5O. The van der Waals surface area contributed by atoms with Crippen LogP contribution in [0.2, 0.25) is 5.02 Å². The molecule has 1 amide bonds. The maximum Gasteiger partial charge on any atom is 0.271 e. The Balaban J connectivity index is 1.71. The molecule has 0 aliphatic rings. The Kier molecular flexibility index (Phi) is 4.88. The topological polar surface area (TPSA) is 56.0 Å². The highest BCUT2D eigenvalue weighted by molar-refractivity contribution is 6.31. The fourth-order valence-corrected chi connectivity index (χ4v) is 3.60. The van der Waals surface area contributed by atoms with Crippen molar-refractivity contribution >= 4 is 28.4 Å². The van der Waals surface area contributed by atoms with E-state index in [0.717, 1.165) is 16.5 Å². The highest BCUT2D eigenvalue weighted by Crippen LogP contribution is 2.23. The van der Waals surface area contributed by atoms with Crippen LogP contribution in [-0.2, 0) is 27.2 Å². The van der Waals surface area contributed by atoms with Crippen molar-refractivity contribution in [3.8, 4) is 0 Å². The van der Waals surface area contributed by atoms with Gasteiger partial charge in [0.15, 0.2) is 0 Å². The van der Waals surface area contributed by atoms with Crippen molar-refractivity contribution in [2.45, 2.75) is 13.1 Å². The third kappa shape index (κ3) is 3.51. The number of carbonyl (C=O) groups excluding carboxylic acids is 1. The Morgan fingerprint density at radius 3 is 2.64 bits per heavy atom. The van der Waals surface area contributed by atoms with Gasteiger partial charge in [0.1, 0.15) is 11.4 Å². The summed E-state index contributed by atoms with van der Waals surface area (Å²) in [5.74, 6) is -0.0794. The van der Waals surface area contributed by atoms with Crippen LogP contribution in [0, 0.1) is 0 Å². The Bertz CT molecular complexity index is 1130. The third-order valence-corrected chi connectivity index (χ3v) is 5.06. The zero-order chi connectivity index (χ0) is 19.7. The lowest BCUT2D eigenvalue weighted by Crippen LogP contribution is -2.31. The van der Waals surface area contributed by atoms with Crippen molar-refractivity contribution in [2.24, 2.45) is 14.1 Å². The van der Waals surface area contributed by atoms with E-state index < -0.39 is 0 Å². The standard InChI is InChI=1S/C21H20ClN5O/c1-25-13-17(22)18(24-25)14-27(12-15-6-5-9-23-11-15)21(28)20-10-16-7-3-4-8-19(16)26(20)2/h3-11,13H,12,14H2,1-2H3. The highest BCUT2D eigenvalue weighted by Gasteiger charge is 2.22. The van der Waals surface area contributed by atoms with Gasteiger partial charge in [-0.3, -0.25) is 14.5 Å². The Labute approximate surface area is 168 Å². The molecule has 0 aliphatic heterocycles. The zero-order valence-electron chi connectivity index (χ0n) is 15.7. The molecule has 3 heterocycles. The third-order valence-electron chi connectivity index (χ3n) is 4.75. The summed E-state index contributed by atoms with van der Waals surface area (Å²) in [5, 5.41) is 5.98. The van der Waals surface area contributed by atoms with Gasteiger partial charge >= 0.3 is 0 Å². The van der Waals surface area contributed by atoms with E-state index in [-0.39, 0.29) is 5.91 Å². The normalized spacial score (nSPS) is 11.1. The molecule has 28 heavy (non-hydrogen) atoms. The molecule has 6 nitrogen and oxygen atoms in total. The molecule has 0 fully saturated rings. The van der Waals surface area contributed by atoms with Gasteiger partial charge in [-0.25, -0.2) is 0 Å². The minimum Gasteiger partial charge on any atom is -0.340 e. The number of carbonyl (C=O) groups is 1. The average Bonchev–Trinajstić information content (AvgIpc) is 3.20. The summed E-state index contributed by atoms with van der Waals surface area (Å²) in [5.41, 5.74) is 3.25. The minimum absolute atomic E-state index is 0.0794. The molecule has 0 spiro atoms. The van der Waals surface area contributed by atoms with E-state index >= 15 is 0 Å². The Hall–Kier alpha value is -3.12. The first-order valence-corrected chi connectivity index (χ1v) is 9.31. The molecule has 0 saturated heterocycles. The average molecular weight is 394 g/mol. The quantitative estimate of drug-likeness (QED) is 0.518. The molecule has 0 atom stereocenters. The monoisotopic (exact) mass is 393 g/mol. The first kappa shape index (κ1) is 18.3. The van der Waals surface area contributed by atoms with Crippen molar-refractivity contribution in [2.75, 3.05) is 0 Å². The SMILES string of the molecule is Cn1cc(Cl)c(CN(Cc2cccnc2)C(=O)c2cc3ccccc3n2C)n1. The summed E-state index contributed by atoms with van der Waals surface area (Å²) in [6, 6.07) is 13.7. The number of aryl methyl sites for hydroxylation is 2. The number of amides is 1. The second-order valence-electron chi connectivity index (χ2n) is 6.77. The van der Waals surface area contributed by atoms with Crippen LogP contribution in [0.15, 0.2) is 61.1 Å². The minimum atomic E-state index is -0.0794. The van der Waals surface area contributed by atoms with E-state index in [0.29, 0.717) is 29.5 Å². The Morgan fingerprint density at radius 2 is 1.96 bits per heavy atom. The molecule has 0 radical (unpaired) electrons. The van der Waals surface area contributed by atoms with Gasteiger partial charge < -0.3 is 9.47 Å². The predicted octanol–water partition coefficient (Wildman–Crippen LogP) is 3.80. The van der Waals surface area contributed by atoms with E-state index in [1.54, 1.807) is 28.2 Å². The molecule has 7 heteroatoms. The van der Waals surface area contributed by atoms with Crippen molar-refractivity contribution in [3.05, 3.63) is 83.0 Å². The van der Waals surface area contributed by atoms with Gasteiger partial charge in [0.05, 0.1) is 11.6 Å². The smallest absolute Gasteiger partial charge is 0.271 e.